The minimum Gasteiger partial charge on any atom is -0.485 e. The molecule has 0 aliphatic heterocycles. The molecule has 1 aromatic heterocycles. The number of nitrogens with zero attached hydrogens (tertiary/aromatic N) is 4. The van der Waals surface area contributed by atoms with Gasteiger partial charge in [-0.3, -0.25) is 4.79 Å². The number of nitrogens with two attached hydrogens (primary N) is 1. The zero-order valence-electron chi connectivity index (χ0n) is 16.3. The van der Waals surface area contributed by atoms with Gasteiger partial charge in [0, 0.05) is 5.69 Å². The van der Waals surface area contributed by atoms with Gasteiger partial charge in [0.2, 0.25) is 11.1 Å². The van der Waals surface area contributed by atoms with E-state index in [9.17, 15) is 4.79 Å². The quantitative estimate of drug-likeness (QED) is 0.424. The van der Waals surface area contributed by atoms with Gasteiger partial charge in [-0.05, 0) is 43.7 Å². The third-order valence-electron chi connectivity index (χ3n) is 4.13. The number of hydrogen-bond acceptors (Lipinski definition) is 7. The number of hydrogen-bond donors (Lipinski definition) is 2. The molecule has 0 saturated carbocycles. The molecule has 10 heteroatoms. The number of carbonyl (C=O) groups is 1. The Morgan fingerprint density at radius 2 is 2.10 bits per heavy atom. The van der Waals surface area contributed by atoms with E-state index >= 15 is 0 Å². The molecule has 3 rings (SSSR count). The van der Waals surface area contributed by atoms with Gasteiger partial charge in [0.05, 0.1) is 16.3 Å². The summed E-state index contributed by atoms with van der Waals surface area (Å²) in [5.74, 6) is 7.03. The topological polar surface area (TPSA) is 119 Å². The molecule has 0 aliphatic rings. The lowest BCUT2D eigenvalue weighted by molar-refractivity contribution is -0.113. The summed E-state index contributed by atoms with van der Waals surface area (Å²) in [4.78, 5) is 12.2. The Morgan fingerprint density at radius 1 is 1.30 bits per heavy atom. The van der Waals surface area contributed by atoms with Gasteiger partial charge in [-0.25, -0.2) is 4.68 Å². The van der Waals surface area contributed by atoms with Crippen molar-refractivity contribution in [3.63, 3.8) is 0 Å². The highest BCUT2D eigenvalue weighted by Gasteiger charge is 2.14. The Hall–Kier alpha value is -3.22. The molecule has 0 bridgehead atoms. The van der Waals surface area contributed by atoms with E-state index in [0.29, 0.717) is 22.2 Å². The highest BCUT2D eigenvalue weighted by molar-refractivity contribution is 7.99. The van der Waals surface area contributed by atoms with E-state index in [1.807, 2.05) is 38.1 Å². The maximum Gasteiger partial charge on any atom is 0.234 e. The van der Waals surface area contributed by atoms with Crippen molar-refractivity contribution in [3.8, 4) is 11.8 Å². The third-order valence-corrected chi connectivity index (χ3v) is 5.38. The second-order valence-electron chi connectivity index (χ2n) is 6.47. The maximum absolute atomic E-state index is 12.2. The van der Waals surface area contributed by atoms with Crippen LogP contribution in [0.4, 0.5) is 5.69 Å². The van der Waals surface area contributed by atoms with Gasteiger partial charge in [0.15, 0.2) is 5.82 Å². The van der Waals surface area contributed by atoms with Crippen molar-refractivity contribution in [3.05, 3.63) is 63.9 Å². The summed E-state index contributed by atoms with van der Waals surface area (Å²) in [5, 5.41) is 20.3. The van der Waals surface area contributed by atoms with E-state index in [0.717, 1.165) is 28.6 Å². The summed E-state index contributed by atoms with van der Waals surface area (Å²) in [6, 6.07) is 12.5. The fourth-order valence-electron chi connectivity index (χ4n) is 2.62. The number of benzene rings is 2. The number of carbonyl (C=O) groups excluding carboxylic acids is 1. The number of aromatic nitrogens is 3. The molecule has 30 heavy (non-hydrogen) atoms. The molecule has 1 heterocycles. The van der Waals surface area contributed by atoms with Crippen LogP contribution in [0.25, 0.3) is 0 Å². The van der Waals surface area contributed by atoms with E-state index in [4.69, 9.17) is 27.4 Å². The number of aryl methyl sites for hydroxylation is 2. The Bertz CT molecular complexity index is 1120. The van der Waals surface area contributed by atoms with Crippen LogP contribution >= 0.6 is 23.4 Å². The number of ether oxygens (including phenoxy) is 1. The molecule has 0 spiro atoms. The normalized spacial score (nSPS) is 10.5. The minimum atomic E-state index is -0.267. The molecule has 154 valence electrons. The van der Waals surface area contributed by atoms with Gasteiger partial charge in [0.1, 0.15) is 18.4 Å². The molecular weight excluding hydrogens is 424 g/mol. The maximum atomic E-state index is 12.2. The van der Waals surface area contributed by atoms with Crippen molar-refractivity contribution >= 4 is 35.0 Å². The van der Waals surface area contributed by atoms with Crippen molar-refractivity contribution in [1.82, 2.24) is 14.9 Å². The lowest BCUT2D eigenvalue weighted by Crippen LogP contribution is -2.18. The van der Waals surface area contributed by atoms with Gasteiger partial charge in [-0.1, -0.05) is 41.1 Å². The highest BCUT2D eigenvalue weighted by Crippen LogP contribution is 2.22. The second-order valence-corrected chi connectivity index (χ2v) is 7.82. The van der Waals surface area contributed by atoms with Gasteiger partial charge in [0.25, 0.3) is 0 Å². The lowest BCUT2D eigenvalue weighted by atomic mass is 10.1. The largest absolute Gasteiger partial charge is 0.485 e. The van der Waals surface area contributed by atoms with Crippen LogP contribution in [0.3, 0.4) is 0 Å². The number of halogens is 1. The minimum absolute atomic E-state index is 0.0743. The number of nitrogen functional groups attached to an aromatic ring is 1. The van der Waals surface area contributed by atoms with Crippen LogP contribution in [0.1, 0.15) is 22.5 Å². The van der Waals surface area contributed by atoms with Gasteiger partial charge in [-0.2, -0.15) is 5.26 Å². The molecule has 1 amide bonds. The Balaban J connectivity index is 1.55. The molecule has 0 aliphatic carbocycles. The average molecular weight is 443 g/mol. The molecule has 2 aromatic carbocycles. The number of rotatable bonds is 7. The van der Waals surface area contributed by atoms with E-state index in [1.165, 1.54) is 10.7 Å². The summed E-state index contributed by atoms with van der Waals surface area (Å²) in [6.45, 7) is 4.14. The molecule has 0 radical (unpaired) electrons. The zero-order valence-corrected chi connectivity index (χ0v) is 17.9. The number of thioether (sulfide) groups is 1. The van der Waals surface area contributed by atoms with Crippen molar-refractivity contribution in [2.75, 3.05) is 16.9 Å². The van der Waals surface area contributed by atoms with Crippen LogP contribution in [-0.4, -0.2) is 26.5 Å². The molecule has 8 nitrogen and oxygen atoms in total. The molecule has 0 atom stereocenters. The summed E-state index contributed by atoms with van der Waals surface area (Å²) in [7, 11) is 0. The molecule has 0 fully saturated rings. The number of nitriles is 1. The van der Waals surface area contributed by atoms with E-state index < -0.39 is 0 Å². The van der Waals surface area contributed by atoms with E-state index in [1.54, 1.807) is 12.1 Å². The van der Waals surface area contributed by atoms with Crippen LogP contribution in [-0.2, 0) is 11.4 Å². The lowest BCUT2D eigenvalue weighted by Gasteiger charge is -2.09. The van der Waals surface area contributed by atoms with Crippen LogP contribution in [0, 0.1) is 25.2 Å². The van der Waals surface area contributed by atoms with Crippen molar-refractivity contribution < 1.29 is 9.53 Å². The van der Waals surface area contributed by atoms with Crippen LogP contribution in [0.2, 0.25) is 5.02 Å². The van der Waals surface area contributed by atoms with Crippen molar-refractivity contribution in [2.45, 2.75) is 25.6 Å². The average Bonchev–Trinajstić information content (AvgIpc) is 3.05. The summed E-state index contributed by atoms with van der Waals surface area (Å²) in [5.41, 5.74) is 3.02. The molecule has 3 aromatic rings. The summed E-state index contributed by atoms with van der Waals surface area (Å²) >= 11 is 7.12. The summed E-state index contributed by atoms with van der Waals surface area (Å²) < 4.78 is 7.08. The first-order valence-electron chi connectivity index (χ1n) is 8.89. The first kappa shape index (κ1) is 21.5. The monoisotopic (exact) mass is 442 g/mol. The fourth-order valence-corrected chi connectivity index (χ4v) is 3.52. The Morgan fingerprint density at radius 3 is 2.80 bits per heavy atom. The number of amides is 1. The molecule has 0 saturated heterocycles. The van der Waals surface area contributed by atoms with Gasteiger partial charge >= 0.3 is 0 Å². The third kappa shape index (κ3) is 5.23. The van der Waals surface area contributed by atoms with E-state index in [-0.39, 0.29) is 23.3 Å². The standard InChI is InChI=1S/C20H19ClN6O2S/c1-12-3-6-17(13(2)7-12)29-10-18-25-26-20(27(18)23)30-11-19(28)24-15-5-4-14(9-22)16(21)8-15/h3-8H,10-11,23H2,1-2H3,(H,24,28). The van der Waals surface area contributed by atoms with E-state index in [2.05, 4.69) is 15.5 Å². The van der Waals surface area contributed by atoms with Gasteiger partial charge < -0.3 is 15.9 Å². The first-order chi connectivity index (χ1) is 14.4. The zero-order chi connectivity index (χ0) is 21.7. The second kappa shape index (κ2) is 9.52. The predicted octanol–water partition coefficient (Wildman–Crippen LogP) is 3.44. The number of anilines is 1. The predicted molar refractivity (Wildman–Crippen MR) is 116 cm³/mol. The van der Waals surface area contributed by atoms with Crippen molar-refractivity contribution in [1.29, 1.82) is 5.26 Å². The molecule has 3 N–H and O–H groups in total. The summed E-state index contributed by atoms with van der Waals surface area (Å²) in [6.07, 6.45) is 0. The highest BCUT2D eigenvalue weighted by atomic mass is 35.5. The Labute approximate surface area is 183 Å². The fraction of sp³-hybridized carbons (Fsp3) is 0.200. The number of nitrogens with one attached hydrogen (secondary N) is 1. The molecular formula is C20H19ClN6O2S. The Kier molecular flexibility index (Phi) is 6.82. The van der Waals surface area contributed by atoms with Crippen LogP contribution in [0.5, 0.6) is 5.75 Å². The smallest absolute Gasteiger partial charge is 0.234 e. The van der Waals surface area contributed by atoms with Crippen LogP contribution in [0.15, 0.2) is 41.6 Å². The van der Waals surface area contributed by atoms with Crippen LogP contribution < -0.4 is 15.9 Å². The van der Waals surface area contributed by atoms with Gasteiger partial charge in [-0.15, -0.1) is 10.2 Å². The molecule has 0 unspecified atom stereocenters. The first-order valence-corrected chi connectivity index (χ1v) is 10.3. The SMILES string of the molecule is Cc1ccc(OCc2nnc(SCC(=O)Nc3ccc(C#N)c(Cl)c3)n2N)c(C)c1. The van der Waals surface area contributed by atoms with Crippen molar-refractivity contribution in [2.24, 2.45) is 0 Å².